The molecule has 1 fully saturated rings. The molecule has 0 spiro atoms. The van der Waals surface area contributed by atoms with E-state index in [9.17, 15) is 0 Å². The molecular formula is C22H44O2. The maximum absolute atomic E-state index is 5.77. The molecule has 0 aromatic rings. The van der Waals surface area contributed by atoms with E-state index in [1.54, 1.807) is 0 Å². The highest BCUT2D eigenvalue weighted by atomic mass is 16.7. The first-order chi connectivity index (χ1) is 11.8. The minimum atomic E-state index is 0.101. The van der Waals surface area contributed by atoms with Gasteiger partial charge in [0.15, 0.2) is 6.29 Å². The Labute approximate surface area is 152 Å². The minimum absolute atomic E-state index is 0.101. The molecule has 0 amide bonds. The Bertz CT molecular complexity index is 246. The van der Waals surface area contributed by atoms with Crippen molar-refractivity contribution in [3.8, 4) is 0 Å². The molecule has 0 saturated carbocycles. The van der Waals surface area contributed by atoms with Crippen LogP contribution in [0.1, 0.15) is 117 Å². The molecule has 2 heteroatoms. The fourth-order valence-corrected chi connectivity index (χ4v) is 3.48. The molecule has 144 valence electrons. The van der Waals surface area contributed by atoms with Crippen LogP contribution in [-0.2, 0) is 9.47 Å². The van der Waals surface area contributed by atoms with Crippen molar-refractivity contribution < 1.29 is 9.47 Å². The van der Waals surface area contributed by atoms with E-state index in [0.29, 0.717) is 0 Å². The molecule has 0 bridgehead atoms. The molecule has 0 aromatic carbocycles. The molecule has 0 radical (unpaired) electrons. The van der Waals surface area contributed by atoms with Gasteiger partial charge in [-0.2, -0.15) is 0 Å². The number of hydrogen-bond acceptors (Lipinski definition) is 2. The predicted octanol–water partition coefficient (Wildman–Crippen LogP) is 7.26. The monoisotopic (exact) mass is 340 g/mol. The first-order valence-electron chi connectivity index (χ1n) is 11.0. The van der Waals surface area contributed by atoms with Crippen LogP contribution >= 0.6 is 0 Å². The largest absolute Gasteiger partial charge is 0.353 e. The van der Waals surface area contributed by atoms with E-state index in [2.05, 4.69) is 13.8 Å². The number of ether oxygens (including phenoxy) is 2. The Balaban J connectivity index is 1.67. The van der Waals surface area contributed by atoms with E-state index in [0.717, 1.165) is 25.6 Å². The van der Waals surface area contributed by atoms with E-state index in [1.807, 2.05) is 0 Å². The number of rotatable bonds is 16. The molecule has 1 unspecified atom stereocenters. The van der Waals surface area contributed by atoms with E-state index >= 15 is 0 Å². The third-order valence-corrected chi connectivity index (χ3v) is 5.12. The minimum Gasteiger partial charge on any atom is -0.353 e. The summed E-state index contributed by atoms with van der Waals surface area (Å²) in [7, 11) is 0. The Kier molecular flexibility index (Phi) is 15.0. The average molecular weight is 341 g/mol. The fraction of sp³-hybridized carbons (Fsp3) is 1.00. The van der Waals surface area contributed by atoms with Gasteiger partial charge < -0.3 is 9.47 Å². The first kappa shape index (κ1) is 22.0. The van der Waals surface area contributed by atoms with Gasteiger partial charge in [-0.1, -0.05) is 90.9 Å². The van der Waals surface area contributed by atoms with Crippen molar-refractivity contribution in [3.05, 3.63) is 0 Å². The van der Waals surface area contributed by atoms with Crippen LogP contribution in [0.15, 0.2) is 0 Å². The van der Waals surface area contributed by atoms with Gasteiger partial charge in [-0.15, -0.1) is 0 Å². The Morgan fingerprint density at radius 1 is 0.750 bits per heavy atom. The molecule has 1 aliphatic rings. The molecule has 0 N–H and O–H groups in total. The predicted molar refractivity (Wildman–Crippen MR) is 104 cm³/mol. The lowest BCUT2D eigenvalue weighted by Gasteiger charge is -2.22. The highest BCUT2D eigenvalue weighted by Crippen LogP contribution is 2.16. The maximum Gasteiger partial charge on any atom is 0.157 e. The van der Waals surface area contributed by atoms with Crippen LogP contribution in [0, 0.1) is 5.92 Å². The van der Waals surface area contributed by atoms with Gasteiger partial charge in [0.2, 0.25) is 0 Å². The lowest BCUT2D eigenvalue weighted by molar-refractivity contribution is -0.162. The van der Waals surface area contributed by atoms with Crippen LogP contribution in [0.25, 0.3) is 0 Å². The van der Waals surface area contributed by atoms with Crippen LogP contribution in [0.2, 0.25) is 0 Å². The van der Waals surface area contributed by atoms with Crippen molar-refractivity contribution in [3.63, 3.8) is 0 Å². The van der Waals surface area contributed by atoms with E-state index in [4.69, 9.17) is 9.47 Å². The van der Waals surface area contributed by atoms with Gasteiger partial charge in [-0.05, 0) is 31.6 Å². The van der Waals surface area contributed by atoms with Crippen molar-refractivity contribution in [2.75, 3.05) is 13.2 Å². The van der Waals surface area contributed by atoms with E-state index < -0.39 is 0 Å². The summed E-state index contributed by atoms with van der Waals surface area (Å²) < 4.78 is 11.4. The van der Waals surface area contributed by atoms with Gasteiger partial charge in [0.05, 0.1) is 0 Å². The molecule has 1 atom stereocenters. The van der Waals surface area contributed by atoms with Gasteiger partial charge >= 0.3 is 0 Å². The van der Waals surface area contributed by atoms with Crippen molar-refractivity contribution in [2.45, 2.75) is 123 Å². The standard InChI is InChI=1S/C22H44O2/c1-21(2)17-13-11-9-7-5-3-4-6-8-10-12-15-19-23-22-18-14-16-20-24-22/h21-22H,3-20H2,1-2H3. The fourth-order valence-electron chi connectivity index (χ4n) is 3.48. The van der Waals surface area contributed by atoms with Gasteiger partial charge in [0.25, 0.3) is 0 Å². The number of hydrogen-bond donors (Lipinski definition) is 0. The summed E-state index contributed by atoms with van der Waals surface area (Å²) in [5.74, 6) is 0.886. The normalized spacial score (nSPS) is 18.4. The summed E-state index contributed by atoms with van der Waals surface area (Å²) >= 11 is 0. The summed E-state index contributed by atoms with van der Waals surface area (Å²) in [6, 6.07) is 0. The zero-order valence-electron chi connectivity index (χ0n) is 16.7. The Morgan fingerprint density at radius 2 is 1.29 bits per heavy atom. The van der Waals surface area contributed by atoms with Crippen LogP contribution in [0.4, 0.5) is 0 Å². The lowest BCUT2D eigenvalue weighted by Crippen LogP contribution is -2.22. The smallest absolute Gasteiger partial charge is 0.157 e. The maximum atomic E-state index is 5.77. The van der Waals surface area contributed by atoms with Crippen LogP contribution in [0.5, 0.6) is 0 Å². The highest BCUT2D eigenvalue weighted by Gasteiger charge is 2.13. The summed E-state index contributed by atoms with van der Waals surface area (Å²) in [6.07, 6.45) is 22.0. The van der Waals surface area contributed by atoms with Crippen LogP contribution < -0.4 is 0 Å². The SMILES string of the molecule is CC(C)CCCCCCCCCCCCCCOC1CCCCO1. The quantitative estimate of drug-likeness (QED) is 0.275. The van der Waals surface area contributed by atoms with Crippen LogP contribution in [0.3, 0.4) is 0 Å². The lowest BCUT2D eigenvalue weighted by atomic mass is 10.0. The summed E-state index contributed by atoms with van der Waals surface area (Å²) in [6.45, 7) is 6.44. The van der Waals surface area contributed by atoms with Gasteiger partial charge in [0, 0.05) is 13.2 Å². The van der Waals surface area contributed by atoms with Crippen LogP contribution in [-0.4, -0.2) is 19.5 Å². The Hall–Kier alpha value is -0.0800. The van der Waals surface area contributed by atoms with Crippen molar-refractivity contribution in [1.82, 2.24) is 0 Å². The Morgan fingerprint density at radius 3 is 1.79 bits per heavy atom. The molecule has 0 aromatic heterocycles. The third-order valence-electron chi connectivity index (χ3n) is 5.12. The summed E-state index contributed by atoms with van der Waals surface area (Å²) in [4.78, 5) is 0. The summed E-state index contributed by atoms with van der Waals surface area (Å²) in [5, 5.41) is 0. The van der Waals surface area contributed by atoms with Gasteiger partial charge in [0.1, 0.15) is 0 Å². The molecule has 1 rings (SSSR count). The second kappa shape index (κ2) is 16.4. The second-order valence-electron chi connectivity index (χ2n) is 8.09. The van der Waals surface area contributed by atoms with Crippen molar-refractivity contribution in [2.24, 2.45) is 5.92 Å². The zero-order valence-corrected chi connectivity index (χ0v) is 16.7. The third kappa shape index (κ3) is 14.3. The van der Waals surface area contributed by atoms with Crippen molar-refractivity contribution >= 4 is 0 Å². The molecular weight excluding hydrogens is 296 g/mol. The molecule has 1 aliphatic heterocycles. The first-order valence-corrected chi connectivity index (χ1v) is 11.0. The van der Waals surface area contributed by atoms with E-state index in [1.165, 1.54) is 96.3 Å². The number of unbranched alkanes of at least 4 members (excludes halogenated alkanes) is 11. The molecule has 24 heavy (non-hydrogen) atoms. The zero-order chi connectivity index (χ0) is 17.3. The molecule has 0 aliphatic carbocycles. The topological polar surface area (TPSA) is 18.5 Å². The molecule has 1 heterocycles. The van der Waals surface area contributed by atoms with Crippen molar-refractivity contribution in [1.29, 1.82) is 0 Å². The van der Waals surface area contributed by atoms with E-state index in [-0.39, 0.29) is 6.29 Å². The highest BCUT2D eigenvalue weighted by molar-refractivity contribution is 4.54. The molecule has 1 saturated heterocycles. The molecule has 2 nitrogen and oxygen atoms in total. The average Bonchev–Trinajstić information content (AvgIpc) is 2.59. The van der Waals surface area contributed by atoms with Gasteiger partial charge in [-0.3, -0.25) is 0 Å². The second-order valence-corrected chi connectivity index (χ2v) is 8.09. The van der Waals surface area contributed by atoms with Gasteiger partial charge in [-0.25, -0.2) is 0 Å². The summed E-state index contributed by atoms with van der Waals surface area (Å²) in [5.41, 5.74) is 0.